The number of aromatic nitrogens is 1. The summed E-state index contributed by atoms with van der Waals surface area (Å²) in [4.78, 5) is 31.2. The van der Waals surface area contributed by atoms with Crippen molar-refractivity contribution in [1.82, 2.24) is 9.88 Å². The predicted molar refractivity (Wildman–Crippen MR) is 155 cm³/mol. The van der Waals surface area contributed by atoms with Crippen molar-refractivity contribution in [2.24, 2.45) is 0 Å². The van der Waals surface area contributed by atoms with Crippen LogP contribution in [0.15, 0.2) is 60.7 Å². The van der Waals surface area contributed by atoms with Crippen LogP contribution < -0.4 is 25.3 Å². The minimum absolute atomic E-state index is 0.0631. The summed E-state index contributed by atoms with van der Waals surface area (Å²) in [6.07, 6.45) is -3.44. The summed E-state index contributed by atoms with van der Waals surface area (Å²) in [6.45, 7) is 2.18. The van der Waals surface area contributed by atoms with Gasteiger partial charge in [-0.1, -0.05) is 18.2 Å². The SMILES string of the molecule is COc1cc(N)c2c(Oc3cccc(C(F)(F)F)c3)c(OC)cc(NC(C)CCCN3C(=O)c4ccccc4C3=O)c2n1. The van der Waals surface area contributed by atoms with Crippen LogP contribution in [-0.4, -0.2) is 48.5 Å². The summed E-state index contributed by atoms with van der Waals surface area (Å²) in [6, 6.07) is 14.2. The van der Waals surface area contributed by atoms with Crippen molar-refractivity contribution < 1.29 is 37.0 Å². The Morgan fingerprint density at radius 1 is 0.977 bits per heavy atom. The van der Waals surface area contributed by atoms with Crippen molar-refractivity contribution in [3.05, 3.63) is 77.4 Å². The van der Waals surface area contributed by atoms with Crippen molar-refractivity contribution in [3.8, 4) is 23.1 Å². The van der Waals surface area contributed by atoms with Gasteiger partial charge in [0.1, 0.15) is 11.3 Å². The first-order valence-electron chi connectivity index (χ1n) is 13.4. The van der Waals surface area contributed by atoms with Gasteiger partial charge in [-0.15, -0.1) is 0 Å². The van der Waals surface area contributed by atoms with E-state index in [2.05, 4.69) is 10.3 Å². The fourth-order valence-corrected chi connectivity index (χ4v) is 5.02. The highest BCUT2D eigenvalue weighted by Gasteiger charge is 2.34. The van der Waals surface area contributed by atoms with E-state index in [1.165, 1.54) is 37.3 Å². The molecule has 224 valence electrons. The van der Waals surface area contributed by atoms with E-state index in [4.69, 9.17) is 19.9 Å². The molecule has 9 nitrogen and oxygen atoms in total. The Morgan fingerprint density at radius 2 is 1.67 bits per heavy atom. The summed E-state index contributed by atoms with van der Waals surface area (Å²) in [5.74, 6) is -0.147. The van der Waals surface area contributed by atoms with Crippen molar-refractivity contribution in [2.75, 3.05) is 31.8 Å². The fraction of sp³-hybridized carbons (Fsp3) is 0.258. The third-order valence-electron chi connectivity index (χ3n) is 7.12. The van der Waals surface area contributed by atoms with E-state index in [1.807, 2.05) is 6.92 Å². The van der Waals surface area contributed by atoms with Crippen LogP contribution in [0.2, 0.25) is 0 Å². The number of anilines is 2. The number of carbonyl (C=O) groups excluding carboxylic acids is 2. The first kappa shape index (κ1) is 29.5. The molecule has 0 fully saturated rings. The van der Waals surface area contributed by atoms with E-state index in [9.17, 15) is 22.8 Å². The molecule has 0 aliphatic carbocycles. The zero-order valence-corrected chi connectivity index (χ0v) is 23.6. The molecule has 0 spiro atoms. The number of halogens is 3. The van der Waals surface area contributed by atoms with Gasteiger partial charge in [-0.05, 0) is 50.1 Å². The van der Waals surface area contributed by atoms with Crippen molar-refractivity contribution >= 4 is 34.1 Å². The number of benzene rings is 3. The number of nitrogen functional groups attached to an aromatic ring is 1. The lowest BCUT2D eigenvalue weighted by Crippen LogP contribution is -2.31. The highest BCUT2D eigenvalue weighted by Crippen LogP contribution is 2.46. The fourth-order valence-electron chi connectivity index (χ4n) is 5.02. The summed E-state index contributed by atoms with van der Waals surface area (Å²) >= 11 is 0. The first-order valence-corrected chi connectivity index (χ1v) is 13.4. The topological polar surface area (TPSA) is 116 Å². The molecule has 1 unspecified atom stereocenters. The third-order valence-corrected chi connectivity index (χ3v) is 7.12. The number of imide groups is 1. The molecule has 1 aromatic heterocycles. The summed E-state index contributed by atoms with van der Waals surface area (Å²) in [5.41, 5.74) is 7.41. The maximum atomic E-state index is 13.3. The van der Waals surface area contributed by atoms with Gasteiger partial charge in [-0.3, -0.25) is 14.5 Å². The molecular weight excluding hydrogens is 565 g/mol. The molecule has 0 saturated carbocycles. The van der Waals surface area contributed by atoms with Crippen LogP contribution in [-0.2, 0) is 6.18 Å². The zero-order chi connectivity index (χ0) is 30.9. The number of nitrogens with one attached hydrogen (secondary N) is 1. The monoisotopic (exact) mass is 594 g/mol. The Hall–Kier alpha value is -5.00. The highest BCUT2D eigenvalue weighted by atomic mass is 19.4. The second-order valence-electron chi connectivity index (χ2n) is 10.1. The Kier molecular flexibility index (Phi) is 8.03. The predicted octanol–water partition coefficient (Wildman–Crippen LogP) is 6.52. The minimum Gasteiger partial charge on any atom is -0.493 e. The molecule has 12 heteroatoms. The molecule has 2 heterocycles. The molecule has 5 rings (SSSR count). The number of hydrogen-bond acceptors (Lipinski definition) is 8. The van der Waals surface area contributed by atoms with E-state index < -0.39 is 11.7 Å². The number of nitrogens with zero attached hydrogens (tertiary/aromatic N) is 2. The average Bonchev–Trinajstić information content (AvgIpc) is 3.22. The smallest absolute Gasteiger partial charge is 0.416 e. The molecule has 0 bridgehead atoms. The van der Waals surface area contributed by atoms with Gasteiger partial charge < -0.3 is 25.3 Å². The largest absolute Gasteiger partial charge is 0.493 e. The normalized spacial score (nSPS) is 13.7. The number of hydrogen-bond donors (Lipinski definition) is 2. The zero-order valence-electron chi connectivity index (χ0n) is 23.6. The van der Waals surface area contributed by atoms with E-state index in [0.717, 1.165) is 12.1 Å². The Morgan fingerprint density at radius 3 is 2.30 bits per heavy atom. The molecule has 2 amide bonds. The molecule has 43 heavy (non-hydrogen) atoms. The van der Waals surface area contributed by atoms with Gasteiger partial charge in [0.25, 0.3) is 11.8 Å². The Bertz CT molecular complexity index is 1670. The number of nitrogens with two attached hydrogens (primary N) is 1. The Labute approximate surface area is 245 Å². The van der Waals surface area contributed by atoms with Crippen LogP contribution in [0.4, 0.5) is 24.5 Å². The van der Waals surface area contributed by atoms with Crippen molar-refractivity contribution in [3.63, 3.8) is 0 Å². The molecule has 3 aromatic carbocycles. The van der Waals surface area contributed by atoms with Crippen molar-refractivity contribution in [1.29, 1.82) is 0 Å². The maximum absolute atomic E-state index is 13.3. The Balaban J connectivity index is 1.40. The summed E-state index contributed by atoms with van der Waals surface area (Å²) < 4.78 is 56.8. The number of methoxy groups -OCH3 is 2. The molecule has 4 aromatic rings. The number of rotatable bonds is 10. The van der Waals surface area contributed by atoms with Crippen LogP contribution in [0.1, 0.15) is 46.0 Å². The van der Waals surface area contributed by atoms with Gasteiger partial charge in [0.05, 0.1) is 47.7 Å². The first-order chi connectivity index (χ1) is 20.5. The maximum Gasteiger partial charge on any atom is 0.416 e. The molecule has 0 saturated heterocycles. The quantitative estimate of drug-likeness (QED) is 0.199. The lowest BCUT2D eigenvalue weighted by atomic mass is 10.1. The molecular formula is C31H29F3N4O5. The molecule has 0 radical (unpaired) electrons. The van der Waals surface area contributed by atoms with Gasteiger partial charge >= 0.3 is 6.18 Å². The van der Waals surface area contributed by atoms with Crippen LogP contribution >= 0.6 is 0 Å². The summed E-state index contributed by atoms with van der Waals surface area (Å²) in [7, 11) is 2.84. The van der Waals surface area contributed by atoms with E-state index in [1.54, 1.807) is 30.3 Å². The van der Waals surface area contributed by atoms with Gasteiger partial charge in [0.2, 0.25) is 5.88 Å². The number of alkyl halides is 3. The summed E-state index contributed by atoms with van der Waals surface area (Å²) in [5, 5.41) is 3.69. The van der Waals surface area contributed by atoms with Gasteiger partial charge in [0.15, 0.2) is 11.5 Å². The standard InChI is InChI=1S/C31H29F3N4O5/c1-17(8-7-13-38-29(39)20-11-4-5-12-21(20)30(38)40)36-23-16-24(41-2)28(26-22(35)15-25(42-3)37-27(23)26)43-19-10-6-9-18(14-19)31(32,33)34/h4-6,9-12,14-17,36H,7-8,13H2,1-3H3,(H2,35,37). The number of carbonyl (C=O) groups is 2. The number of ether oxygens (including phenoxy) is 3. The van der Waals surface area contributed by atoms with Crippen LogP contribution in [0, 0.1) is 0 Å². The number of fused-ring (bicyclic) bond motifs is 2. The third kappa shape index (κ3) is 5.85. The van der Waals surface area contributed by atoms with Crippen LogP contribution in [0.25, 0.3) is 10.9 Å². The second kappa shape index (κ2) is 11.7. The van der Waals surface area contributed by atoms with Gasteiger partial charge in [-0.25, -0.2) is 4.98 Å². The lowest BCUT2D eigenvalue weighted by molar-refractivity contribution is -0.137. The number of pyridine rings is 1. The molecule has 3 N–H and O–H groups in total. The highest BCUT2D eigenvalue weighted by molar-refractivity contribution is 6.21. The molecule has 1 aliphatic rings. The van der Waals surface area contributed by atoms with E-state index in [0.29, 0.717) is 40.6 Å². The lowest BCUT2D eigenvalue weighted by Gasteiger charge is -2.22. The van der Waals surface area contributed by atoms with E-state index in [-0.39, 0.29) is 53.2 Å². The molecule has 1 atom stereocenters. The minimum atomic E-state index is -4.55. The van der Waals surface area contributed by atoms with Gasteiger partial charge in [-0.2, -0.15) is 13.2 Å². The molecule has 1 aliphatic heterocycles. The van der Waals surface area contributed by atoms with E-state index >= 15 is 0 Å². The van der Waals surface area contributed by atoms with Crippen LogP contribution in [0.5, 0.6) is 23.1 Å². The number of amides is 2. The van der Waals surface area contributed by atoms with Crippen LogP contribution in [0.3, 0.4) is 0 Å². The van der Waals surface area contributed by atoms with Crippen molar-refractivity contribution in [2.45, 2.75) is 32.0 Å². The average molecular weight is 595 g/mol. The second-order valence-corrected chi connectivity index (χ2v) is 10.1. The van der Waals surface area contributed by atoms with Gasteiger partial charge in [0, 0.05) is 24.7 Å².